The standard InChI is InChI=1S/C20H29ClN2O3/c1-14(2)23-6-3-5-15(13-23)12-22-19(24)11-16-9-17(21)20-18(10-16)25-7-4-8-26-20/h9-10,14-15H,3-8,11-13H2,1-2H3,(H,22,24). The van der Waals surface area contributed by atoms with Crippen molar-refractivity contribution in [2.24, 2.45) is 5.92 Å². The summed E-state index contributed by atoms with van der Waals surface area (Å²) in [6.45, 7) is 8.63. The minimum atomic E-state index is 0.0252. The number of likely N-dealkylation sites (tertiary alicyclic amines) is 1. The summed E-state index contributed by atoms with van der Waals surface area (Å²) in [4.78, 5) is 14.9. The second kappa shape index (κ2) is 8.96. The van der Waals surface area contributed by atoms with E-state index in [4.69, 9.17) is 21.1 Å². The minimum Gasteiger partial charge on any atom is -0.489 e. The number of benzene rings is 1. The second-order valence-electron chi connectivity index (χ2n) is 7.53. The maximum atomic E-state index is 12.4. The van der Waals surface area contributed by atoms with E-state index >= 15 is 0 Å². The van der Waals surface area contributed by atoms with E-state index in [0.29, 0.717) is 48.1 Å². The molecule has 1 aromatic carbocycles. The lowest BCUT2D eigenvalue weighted by molar-refractivity contribution is -0.120. The van der Waals surface area contributed by atoms with Crippen molar-refractivity contribution >= 4 is 17.5 Å². The molecule has 0 radical (unpaired) electrons. The molecule has 1 amide bonds. The molecule has 1 unspecified atom stereocenters. The fourth-order valence-corrected chi connectivity index (χ4v) is 3.91. The predicted molar refractivity (Wildman–Crippen MR) is 103 cm³/mol. The van der Waals surface area contributed by atoms with E-state index in [2.05, 4.69) is 24.1 Å². The molecule has 0 bridgehead atoms. The number of rotatable bonds is 5. The van der Waals surface area contributed by atoms with E-state index in [9.17, 15) is 4.79 Å². The zero-order valence-electron chi connectivity index (χ0n) is 15.7. The normalized spacial score (nSPS) is 20.7. The molecule has 2 aliphatic heterocycles. The van der Waals surface area contributed by atoms with Crippen LogP contribution < -0.4 is 14.8 Å². The summed E-state index contributed by atoms with van der Waals surface area (Å²) in [6, 6.07) is 4.24. The summed E-state index contributed by atoms with van der Waals surface area (Å²) in [5.74, 6) is 1.78. The molecule has 6 heteroatoms. The van der Waals surface area contributed by atoms with Crippen LogP contribution in [0.15, 0.2) is 12.1 Å². The number of carbonyl (C=O) groups excluding carboxylic acids is 1. The molecule has 0 aromatic heterocycles. The third kappa shape index (κ3) is 5.04. The van der Waals surface area contributed by atoms with E-state index in [1.807, 2.05) is 6.07 Å². The molecule has 1 fully saturated rings. The number of nitrogens with one attached hydrogen (secondary N) is 1. The van der Waals surface area contributed by atoms with Crippen molar-refractivity contribution in [2.45, 2.75) is 45.6 Å². The van der Waals surface area contributed by atoms with Gasteiger partial charge in [0.15, 0.2) is 11.5 Å². The number of halogens is 1. The van der Waals surface area contributed by atoms with Crippen LogP contribution in [0.25, 0.3) is 0 Å². The van der Waals surface area contributed by atoms with Gasteiger partial charge in [0.2, 0.25) is 5.91 Å². The van der Waals surface area contributed by atoms with Crippen molar-refractivity contribution < 1.29 is 14.3 Å². The van der Waals surface area contributed by atoms with Gasteiger partial charge in [0, 0.05) is 25.6 Å². The van der Waals surface area contributed by atoms with Gasteiger partial charge in [0.25, 0.3) is 0 Å². The van der Waals surface area contributed by atoms with E-state index in [-0.39, 0.29) is 5.91 Å². The van der Waals surface area contributed by atoms with Crippen molar-refractivity contribution in [3.63, 3.8) is 0 Å². The first-order chi connectivity index (χ1) is 12.5. The van der Waals surface area contributed by atoms with Crippen LogP contribution in [0.2, 0.25) is 5.02 Å². The third-order valence-electron chi connectivity index (χ3n) is 5.10. The molecular formula is C20H29ClN2O3. The molecule has 0 aliphatic carbocycles. The molecule has 1 aromatic rings. The number of hydrogen-bond acceptors (Lipinski definition) is 4. The quantitative estimate of drug-likeness (QED) is 0.851. The van der Waals surface area contributed by atoms with Gasteiger partial charge in [0.1, 0.15) is 0 Å². The Morgan fingerprint density at radius 1 is 1.31 bits per heavy atom. The van der Waals surface area contributed by atoms with Crippen molar-refractivity contribution in [2.75, 3.05) is 32.8 Å². The van der Waals surface area contributed by atoms with Gasteiger partial charge in [-0.25, -0.2) is 0 Å². The smallest absolute Gasteiger partial charge is 0.224 e. The number of piperidine rings is 1. The van der Waals surface area contributed by atoms with Crippen LogP contribution in [-0.2, 0) is 11.2 Å². The molecule has 5 nitrogen and oxygen atoms in total. The first kappa shape index (κ1) is 19.3. The highest BCUT2D eigenvalue weighted by molar-refractivity contribution is 6.32. The molecule has 0 saturated carbocycles. The number of amides is 1. The number of ether oxygens (including phenoxy) is 2. The van der Waals surface area contributed by atoms with Crippen molar-refractivity contribution in [3.8, 4) is 11.5 Å². The lowest BCUT2D eigenvalue weighted by Crippen LogP contribution is -2.43. The summed E-state index contributed by atoms with van der Waals surface area (Å²) >= 11 is 6.31. The van der Waals surface area contributed by atoms with E-state index in [0.717, 1.165) is 31.6 Å². The highest BCUT2D eigenvalue weighted by Gasteiger charge is 2.22. The molecule has 0 spiro atoms. The largest absolute Gasteiger partial charge is 0.489 e. The second-order valence-corrected chi connectivity index (χ2v) is 7.94. The van der Waals surface area contributed by atoms with Crippen LogP contribution in [0.4, 0.5) is 0 Å². The Hall–Kier alpha value is -1.46. The highest BCUT2D eigenvalue weighted by atomic mass is 35.5. The molecule has 3 rings (SSSR count). The van der Waals surface area contributed by atoms with Gasteiger partial charge in [-0.1, -0.05) is 11.6 Å². The van der Waals surface area contributed by atoms with E-state index in [1.54, 1.807) is 6.07 Å². The maximum Gasteiger partial charge on any atom is 0.224 e. The van der Waals surface area contributed by atoms with E-state index in [1.165, 1.54) is 12.8 Å². The average Bonchev–Trinajstić information content (AvgIpc) is 2.86. The van der Waals surface area contributed by atoms with Gasteiger partial charge in [-0.05, 0) is 56.8 Å². The lowest BCUT2D eigenvalue weighted by Gasteiger charge is -2.35. The SMILES string of the molecule is CC(C)N1CCCC(CNC(=O)Cc2cc(Cl)c3c(c2)OCCCO3)C1. The number of nitrogens with zero attached hydrogens (tertiary/aromatic N) is 1. The fourth-order valence-electron chi connectivity index (χ4n) is 3.63. The van der Waals surface area contributed by atoms with E-state index < -0.39 is 0 Å². The molecule has 26 heavy (non-hydrogen) atoms. The van der Waals surface area contributed by atoms with Crippen molar-refractivity contribution in [1.82, 2.24) is 10.2 Å². The minimum absolute atomic E-state index is 0.0252. The van der Waals surface area contributed by atoms with Crippen LogP contribution in [0.5, 0.6) is 11.5 Å². The molecule has 144 valence electrons. The summed E-state index contributed by atoms with van der Waals surface area (Å²) in [5.41, 5.74) is 0.851. The lowest BCUT2D eigenvalue weighted by atomic mass is 9.97. The average molecular weight is 381 g/mol. The number of fused-ring (bicyclic) bond motifs is 1. The monoisotopic (exact) mass is 380 g/mol. The Balaban J connectivity index is 1.53. The van der Waals surface area contributed by atoms with Crippen LogP contribution in [0.1, 0.15) is 38.7 Å². The summed E-state index contributed by atoms with van der Waals surface area (Å²) in [6.07, 6.45) is 3.52. The van der Waals surface area contributed by atoms with Crippen LogP contribution >= 0.6 is 11.6 Å². The first-order valence-electron chi connectivity index (χ1n) is 9.61. The Morgan fingerprint density at radius 3 is 2.92 bits per heavy atom. The topological polar surface area (TPSA) is 50.8 Å². The summed E-state index contributed by atoms with van der Waals surface area (Å²) in [5, 5.41) is 3.60. The highest BCUT2D eigenvalue weighted by Crippen LogP contribution is 2.38. The zero-order valence-corrected chi connectivity index (χ0v) is 16.5. The summed E-state index contributed by atoms with van der Waals surface area (Å²) in [7, 11) is 0. The van der Waals surface area contributed by atoms with Crippen molar-refractivity contribution in [3.05, 3.63) is 22.7 Å². The Bertz CT molecular complexity index is 636. The third-order valence-corrected chi connectivity index (χ3v) is 5.38. The molecule has 1 saturated heterocycles. The van der Waals surface area contributed by atoms with Gasteiger partial charge in [-0.3, -0.25) is 4.79 Å². The summed E-state index contributed by atoms with van der Waals surface area (Å²) < 4.78 is 11.3. The fraction of sp³-hybridized carbons (Fsp3) is 0.650. The Morgan fingerprint density at radius 2 is 2.12 bits per heavy atom. The first-order valence-corrected chi connectivity index (χ1v) is 9.99. The molecule has 2 heterocycles. The number of carbonyl (C=O) groups is 1. The van der Waals surface area contributed by atoms with Crippen LogP contribution in [0.3, 0.4) is 0 Å². The van der Waals surface area contributed by atoms with Crippen LogP contribution in [-0.4, -0.2) is 49.7 Å². The van der Waals surface area contributed by atoms with Gasteiger partial charge in [0.05, 0.1) is 24.7 Å². The molecule has 2 aliphatic rings. The molecule has 1 N–H and O–H groups in total. The van der Waals surface area contributed by atoms with Crippen molar-refractivity contribution in [1.29, 1.82) is 0 Å². The molecule has 1 atom stereocenters. The Labute approximate surface area is 161 Å². The molecular weight excluding hydrogens is 352 g/mol. The number of hydrogen-bond donors (Lipinski definition) is 1. The van der Waals surface area contributed by atoms with Crippen LogP contribution in [0, 0.1) is 5.92 Å². The van der Waals surface area contributed by atoms with Gasteiger partial charge < -0.3 is 19.7 Å². The predicted octanol–water partition coefficient (Wildman–Crippen LogP) is 3.28. The Kier molecular flexibility index (Phi) is 6.65. The van der Waals surface area contributed by atoms with Gasteiger partial charge in [-0.15, -0.1) is 0 Å². The maximum absolute atomic E-state index is 12.4. The van der Waals surface area contributed by atoms with Gasteiger partial charge >= 0.3 is 0 Å². The zero-order chi connectivity index (χ0) is 18.5. The van der Waals surface area contributed by atoms with Gasteiger partial charge in [-0.2, -0.15) is 0 Å².